The second-order valence-electron chi connectivity index (χ2n) is 3.46. The van der Waals surface area contributed by atoms with Crippen molar-refractivity contribution >= 4 is 15.8 Å². The highest BCUT2D eigenvalue weighted by atomic mass is 32.2. The predicted molar refractivity (Wildman–Crippen MR) is 60.4 cm³/mol. The Kier molecular flexibility index (Phi) is 2.84. The number of anilines is 1. The summed E-state index contributed by atoms with van der Waals surface area (Å²) in [5.41, 5.74) is 0. The van der Waals surface area contributed by atoms with Crippen LogP contribution in [0.1, 0.15) is 0 Å². The molecule has 0 atom stereocenters. The van der Waals surface area contributed by atoms with E-state index in [1.165, 1.54) is 24.4 Å². The quantitative estimate of drug-likeness (QED) is 0.842. The molecular weight excluding hydrogens is 245 g/mol. The molecule has 0 aliphatic heterocycles. The van der Waals surface area contributed by atoms with Crippen molar-refractivity contribution in [3.63, 3.8) is 0 Å². The standard InChI is InChI=1S/C10H10FN3O2S/c1-14-6-5-8(7-14)17(15,16)13-10-4-2-3-9(11)12-10/h2-7H,1H3,(H,12,13). The minimum absolute atomic E-state index is 0.0474. The maximum atomic E-state index is 12.8. The van der Waals surface area contributed by atoms with E-state index < -0.39 is 16.0 Å². The lowest BCUT2D eigenvalue weighted by Crippen LogP contribution is -2.13. The van der Waals surface area contributed by atoms with Crippen molar-refractivity contribution in [3.05, 3.63) is 42.6 Å². The molecule has 1 N–H and O–H groups in total. The lowest BCUT2D eigenvalue weighted by molar-refractivity contribution is 0.584. The van der Waals surface area contributed by atoms with Gasteiger partial charge in [-0.1, -0.05) is 6.07 Å². The van der Waals surface area contributed by atoms with E-state index in [-0.39, 0.29) is 10.7 Å². The van der Waals surface area contributed by atoms with E-state index in [0.29, 0.717) is 0 Å². The van der Waals surface area contributed by atoms with Crippen molar-refractivity contribution in [1.29, 1.82) is 0 Å². The zero-order valence-electron chi connectivity index (χ0n) is 8.96. The van der Waals surface area contributed by atoms with Crippen LogP contribution in [0.15, 0.2) is 41.6 Å². The van der Waals surface area contributed by atoms with Crippen LogP contribution in [0.4, 0.5) is 10.2 Å². The molecule has 17 heavy (non-hydrogen) atoms. The monoisotopic (exact) mass is 255 g/mol. The average Bonchev–Trinajstić information content (AvgIpc) is 2.65. The van der Waals surface area contributed by atoms with E-state index in [1.54, 1.807) is 17.8 Å². The number of sulfonamides is 1. The van der Waals surface area contributed by atoms with Gasteiger partial charge in [0.25, 0.3) is 10.0 Å². The van der Waals surface area contributed by atoms with Crippen LogP contribution in [0.25, 0.3) is 0 Å². The van der Waals surface area contributed by atoms with Crippen LogP contribution in [-0.2, 0) is 17.1 Å². The van der Waals surface area contributed by atoms with Crippen molar-refractivity contribution in [2.45, 2.75) is 4.90 Å². The van der Waals surface area contributed by atoms with Gasteiger partial charge in [0.2, 0.25) is 5.95 Å². The molecule has 2 rings (SSSR count). The molecule has 0 aromatic carbocycles. The topological polar surface area (TPSA) is 64.0 Å². The predicted octanol–water partition coefficient (Wildman–Crippen LogP) is 1.36. The molecule has 0 amide bonds. The molecule has 2 heterocycles. The van der Waals surface area contributed by atoms with Crippen LogP contribution in [-0.4, -0.2) is 18.0 Å². The van der Waals surface area contributed by atoms with Gasteiger partial charge in [-0.3, -0.25) is 4.72 Å². The Labute approximate surface area is 98.0 Å². The fourth-order valence-electron chi connectivity index (χ4n) is 1.30. The molecule has 0 aliphatic carbocycles. The van der Waals surface area contributed by atoms with Crippen LogP contribution < -0.4 is 4.72 Å². The second-order valence-corrected chi connectivity index (χ2v) is 5.15. The maximum absolute atomic E-state index is 12.8. The molecule has 0 fully saturated rings. The van der Waals surface area contributed by atoms with Crippen LogP contribution in [0.3, 0.4) is 0 Å². The number of aryl methyl sites for hydroxylation is 1. The molecule has 2 aromatic heterocycles. The summed E-state index contributed by atoms with van der Waals surface area (Å²) in [7, 11) is -2.00. The highest BCUT2D eigenvalue weighted by Gasteiger charge is 2.15. The van der Waals surface area contributed by atoms with Crippen LogP contribution >= 0.6 is 0 Å². The van der Waals surface area contributed by atoms with Gasteiger partial charge in [-0.05, 0) is 18.2 Å². The van der Waals surface area contributed by atoms with Gasteiger partial charge < -0.3 is 4.57 Å². The molecule has 0 unspecified atom stereocenters. The molecular formula is C10H10FN3O2S. The van der Waals surface area contributed by atoms with Gasteiger partial charge in [-0.15, -0.1) is 0 Å². The fourth-order valence-corrected chi connectivity index (χ4v) is 2.35. The van der Waals surface area contributed by atoms with Gasteiger partial charge in [0.1, 0.15) is 10.7 Å². The molecule has 0 saturated heterocycles. The number of hydrogen-bond donors (Lipinski definition) is 1. The van der Waals surface area contributed by atoms with E-state index in [2.05, 4.69) is 9.71 Å². The number of hydrogen-bond acceptors (Lipinski definition) is 3. The molecule has 2 aromatic rings. The Morgan fingerprint density at radius 3 is 2.71 bits per heavy atom. The minimum atomic E-state index is -3.71. The number of nitrogens with zero attached hydrogens (tertiary/aromatic N) is 2. The van der Waals surface area contributed by atoms with Gasteiger partial charge in [0, 0.05) is 19.4 Å². The van der Waals surface area contributed by atoms with Gasteiger partial charge in [0.15, 0.2) is 0 Å². The average molecular weight is 255 g/mol. The zero-order valence-corrected chi connectivity index (χ0v) is 9.78. The second kappa shape index (κ2) is 4.17. The Balaban J connectivity index is 2.29. The fraction of sp³-hybridized carbons (Fsp3) is 0.100. The van der Waals surface area contributed by atoms with Crippen molar-refractivity contribution in [1.82, 2.24) is 9.55 Å². The van der Waals surface area contributed by atoms with E-state index in [0.717, 1.165) is 6.07 Å². The third kappa shape index (κ3) is 2.62. The third-order valence-corrected chi connectivity index (χ3v) is 3.41. The Morgan fingerprint density at radius 1 is 1.35 bits per heavy atom. The summed E-state index contributed by atoms with van der Waals surface area (Å²) in [6.45, 7) is 0. The Morgan fingerprint density at radius 2 is 2.12 bits per heavy atom. The van der Waals surface area contributed by atoms with Crippen LogP contribution in [0, 0.1) is 5.95 Å². The Bertz CT molecular complexity index is 637. The number of aromatic nitrogens is 2. The number of nitrogens with one attached hydrogen (secondary N) is 1. The van der Waals surface area contributed by atoms with Gasteiger partial charge >= 0.3 is 0 Å². The SMILES string of the molecule is Cn1ccc(S(=O)(=O)Nc2cccc(F)n2)c1. The highest BCUT2D eigenvalue weighted by molar-refractivity contribution is 7.92. The van der Waals surface area contributed by atoms with Crippen molar-refractivity contribution in [2.75, 3.05) is 4.72 Å². The van der Waals surface area contributed by atoms with E-state index in [4.69, 9.17) is 0 Å². The molecule has 0 spiro atoms. The lowest BCUT2D eigenvalue weighted by Gasteiger charge is -2.04. The molecule has 5 nitrogen and oxygen atoms in total. The summed E-state index contributed by atoms with van der Waals surface area (Å²) in [5, 5.41) is 0. The largest absolute Gasteiger partial charge is 0.356 e. The molecule has 90 valence electrons. The first-order chi connectivity index (χ1) is 7.97. The maximum Gasteiger partial charge on any atom is 0.264 e. The molecule has 0 aliphatic rings. The summed E-state index contributed by atoms with van der Waals surface area (Å²) in [4.78, 5) is 3.53. The molecule has 7 heteroatoms. The first-order valence-electron chi connectivity index (χ1n) is 4.75. The number of pyridine rings is 1. The summed E-state index contributed by atoms with van der Waals surface area (Å²) in [6.07, 6.45) is 3.05. The van der Waals surface area contributed by atoms with E-state index in [9.17, 15) is 12.8 Å². The van der Waals surface area contributed by atoms with Crippen molar-refractivity contribution in [3.8, 4) is 0 Å². The summed E-state index contributed by atoms with van der Waals surface area (Å²) >= 11 is 0. The van der Waals surface area contributed by atoms with Crippen molar-refractivity contribution < 1.29 is 12.8 Å². The Hall–Kier alpha value is -1.89. The lowest BCUT2D eigenvalue weighted by atomic mass is 10.5. The van der Waals surface area contributed by atoms with E-state index >= 15 is 0 Å². The summed E-state index contributed by atoms with van der Waals surface area (Å²) in [5.74, 6) is -0.785. The minimum Gasteiger partial charge on any atom is -0.356 e. The number of rotatable bonds is 3. The van der Waals surface area contributed by atoms with Gasteiger partial charge in [-0.2, -0.15) is 4.39 Å². The normalized spacial score (nSPS) is 11.4. The molecule has 0 bridgehead atoms. The summed E-state index contributed by atoms with van der Waals surface area (Å²) < 4.78 is 40.3. The summed E-state index contributed by atoms with van der Waals surface area (Å²) in [6, 6.07) is 5.34. The molecule has 0 radical (unpaired) electrons. The third-order valence-electron chi connectivity index (χ3n) is 2.07. The molecule has 0 saturated carbocycles. The first-order valence-corrected chi connectivity index (χ1v) is 6.23. The van der Waals surface area contributed by atoms with Crippen molar-refractivity contribution in [2.24, 2.45) is 7.05 Å². The van der Waals surface area contributed by atoms with Gasteiger partial charge in [-0.25, -0.2) is 13.4 Å². The smallest absolute Gasteiger partial charge is 0.264 e. The van der Waals surface area contributed by atoms with Crippen LogP contribution in [0.2, 0.25) is 0 Å². The zero-order chi connectivity index (χ0) is 12.5. The van der Waals surface area contributed by atoms with E-state index in [1.807, 2.05) is 0 Å². The first kappa shape index (κ1) is 11.6. The van der Waals surface area contributed by atoms with Crippen LogP contribution in [0.5, 0.6) is 0 Å². The van der Waals surface area contributed by atoms with Gasteiger partial charge in [0.05, 0.1) is 0 Å². The number of halogens is 1. The highest BCUT2D eigenvalue weighted by Crippen LogP contribution is 2.14.